The first-order valence-electron chi connectivity index (χ1n) is 6.49. The van der Waals surface area contributed by atoms with E-state index in [2.05, 4.69) is 5.32 Å². The second-order valence-electron chi connectivity index (χ2n) is 4.52. The lowest BCUT2D eigenvalue weighted by molar-refractivity contribution is -0.126. The van der Waals surface area contributed by atoms with Gasteiger partial charge in [-0.05, 0) is 37.1 Å². The summed E-state index contributed by atoms with van der Waals surface area (Å²) >= 11 is 0. The van der Waals surface area contributed by atoms with Gasteiger partial charge >= 0.3 is 0 Å². The lowest BCUT2D eigenvalue weighted by Crippen LogP contribution is -2.29. The molecule has 6 heteroatoms. The van der Waals surface area contributed by atoms with Crippen LogP contribution in [-0.4, -0.2) is 31.3 Å². The van der Waals surface area contributed by atoms with Crippen LogP contribution >= 0.6 is 0 Å². The Balaban J connectivity index is 1.87. The van der Waals surface area contributed by atoms with Crippen molar-refractivity contribution in [3.8, 4) is 11.8 Å². The van der Waals surface area contributed by atoms with E-state index < -0.39 is 6.10 Å². The predicted molar refractivity (Wildman–Crippen MR) is 73.1 cm³/mol. The summed E-state index contributed by atoms with van der Waals surface area (Å²) in [7, 11) is 0. The van der Waals surface area contributed by atoms with Crippen LogP contribution in [0, 0.1) is 11.3 Å². The lowest BCUT2D eigenvalue weighted by atomic mass is 10.2. The lowest BCUT2D eigenvalue weighted by Gasteiger charge is -2.13. The van der Waals surface area contributed by atoms with Gasteiger partial charge in [-0.25, -0.2) is 0 Å². The summed E-state index contributed by atoms with van der Waals surface area (Å²) in [5.41, 5.74) is 6.18. The summed E-state index contributed by atoms with van der Waals surface area (Å²) in [6, 6.07) is 8.73. The van der Waals surface area contributed by atoms with Gasteiger partial charge in [-0.3, -0.25) is 4.79 Å². The zero-order valence-corrected chi connectivity index (χ0v) is 11.0. The van der Waals surface area contributed by atoms with Gasteiger partial charge in [-0.1, -0.05) is 0 Å². The predicted octanol–water partition coefficient (Wildman–Crippen LogP) is 1.03. The molecule has 1 amide bonds. The van der Waals surface area contributed by atoms with Crippen molar-refractivity contribution in [2.24, 2.45) is 5.73 Å². The number of nitriles is 1. The van der Waals surface area contributed by atoms with Crippen molar-refractivity contribution in [3.05, 3.63) is 24.3 Å². The van der Waals surface area contributed by atoms with Crippen LogP contribution in [0.4, 0.5) is 5.69 Å². The van der Waals surface area contributed by atoms with E-state index in [0.29, 0.717) is 24.4 Å². The van der Waals surface area contributed by atoms with E-state index in [0.717, 1.165) is 6.42 Å². The minimum atomic E-state index is -0.432. The van der Waals surface area contributed by atoms with E-state index in [1.807, 2.05) is 6.07 Å². The molecule has 1 aliphatic heterocycles. The molecule has 0 saturated carbocycles. The number of hydrogen-bond acceptors (Lipinski definition) is 5. The molecule has 1 aliphatic rings. The monoisotopic (exact) mass is 275 g/mol. The van der Waals surface area contributed by atoms with Gasteiger partial charge in [0.1, 0.15) is 17.9 Å². The Labute approximate surface area is 117 Å². The van der Waals surface area contributed by atoms with Crippen molar-refractivity contribution >= 4 is 11.6 Å². The number of anilines is 1. The Bertz CT molecular complexity index is 495. The van der Waals surface area contributed by atoms with E-state index in [1.165, 1.54) is 0 Å². The maximum atomic E-state index is 12.0. The van der Waals surface area contributed by atoms with E-state index in [-0.39, 0.29) is 18.6 Å². The van der Waals surface area contributed by atoms with E-state index in [1.54, 1.807) is 24.3 Å². The highest BCUT2D eigenvalue weighted by atomic mass is 16.5. The summed E-state index contributed by atoms with van der Waals surface area (Å²) < 4.78 is 10.7. The molecular formula is C14H17N3O3. The number of nitrogens with two attached hydrogens (primary N) is 1. The van der Waals surface area contributed by atoms with Crippen molar-refractivity contribution in [2.75, 3.05) is 18.5 Å². The molecule has 0 spiro atoms. The average Bonchev–Trinajstić information content (AvgIpc) is 2.95. The fraction of sp³-hybridized carbons (Fsp3) is 0.429. The van der Waals surface area contributed by atoms with Crippen molar-refractivity contribution < 1.29 is 14.3 Å². The van der Waals surface area contributed by atoms with Crippen LogP contribution < -0.4 is 15.8 Å². The number of benzene rings is 1. The van der Waals surface area contributed by atoms with Crippen LogP contribution in [0.5, 0.6) is 5.75 Å². The first-order valence-corrected chi connectivity index (χ1v) is 6.49. The molecule has 1 fully saturated rings. The molecule has 20 heavy (non-hydrogen) atoms. The second kappa shape index (κ2) is 6.89. The number of carbonyl (C=O) groups excluding carboxylic acids is 1. The minimum Gasteiger partial charge on any atom is -0.479 e. The van der Waals surface area contributed by atoms with Gasteiger partial charge in [0.15, 0.2) is 6.61 Å². The molecule has 6 nitrogen and oxygen atoms in total. The maximum absolute atomic E-state index is 12.0. The SMILES string of the molecule is N#CCOc1ccc(NC(=O)C2CCC(CN)O2)cc1. The average molecular weight is 275 g/mol. The number of hydrogen-bond donors (Lipinski definition) is 2. The van der Waals surface area contributed by atoms with Gasteiger partial charge in [0, 0.05) is 12.2 Å². The zero-order valence-electron chi connectivity index (χ0n) is 11.0. The molecule has 1 heterocycles. The maximum Gasteiger partial charge on any atom is 0.253 e. The highest BCUT2D eigenvalue weighted by Crippen LogP contribution is 2.21. The third-order valence-electron chi connectivity index (χ3n) is 3.09. The van der Waals surface area contributed by atoms with Crippen molar-refractivity contribution in [1.82, 2.24) is 0 Å². The van der Waals surface area contributed by atoms with Gasteiger partial charge in [0.25, 0.3) is 5.91 Å². The fourth-order valence-electron chi connectivity index (χ4n) is 2.04. The molecule has 1 aromatic carbocycles. The van der Waals surface area contributed by atoms with Crippen molar-refractivity contribution in [2.45, 2.75) is 25.0 Å². The van der Waals surface area contributed by atoms with Crippen LogP contribution in [-0.2, 0) is 9.53 Å². The molecule has 0 bridgehead atoms. The number of amides is 1. The van der Waals surface area contributed by atoms with E-state index in [9.17, 15) is 4.79 Å². The highest BCUT2D eigenvalue weighted by Gasteiger charge is 2.29. The number of carbonyl (C=O) groups is 1. The van der Waals surface area contributed by atoms with Crippen LogP contribution in [0.25, 0.3) is 0 Å². The van der Waals surface area contributed by atoms with Gasteiger partial charge in [-0.15, -0.1) is 0 Å². The topological polar surface area (TPSA) is 97.4 Å². The molecule has 1 saturated heterocycles. The summed E-state index contributed by atoms with van der Waals surface area (Å²) in [4.78, 5) is 12.0. The van der Waals surface area contributed by atoms with E-state index in [4.69, 9.17) is 20.5 Å². The fourth-order valence-corrected chi connectivity index (χ4v) is 2.04. The third-order valence-corrected chi connectivity index (χ3v) is 3.09. The summed E-state index contributed by atoms with van der Waals surface area (Å²) in [6.07, 6.45) is 1.05. The number of nitrogens with one attached hydrogen (secondary N) is 1. The Morgan fingerprint density at radius 2 is 2.20 bits per heavy atom. The number of ether oxygens (including phenoxy) is 2. The summed E-state index contributed by atoms with van der Waals surface area (Å²) in [5, 5.41) is 11.2. The standard InChI is InChI=1S/C14H17N3O3/c15-7-8-19-11-3-1-10(2-4-11)17-14(18)13-6-5-12(9-16)20-13/h1-4,12-13H,5-6,8-9,16H2,(H,17,18). The number of rotatable bonds is 5. The van der Waals surface area contributed by atoms with Crippen LogP contribution in [0.1, 0.15) is 12.8 Å². The quantitative estimate of drug-likeness (QED) is 0.836. The number of nitrogens with zero attached hydrogens (tertiary/aromatic N) is 1. The van der Waals surface area contributed by atoms with Gasteiger partial charge in [0.05, 0.1) is 6.10 Å². The van der Waals surface area contributed by atoms with E-state index >= 15 is 0 Å². The molecule has 1 aromatic rings. The van der Waals surface area contributed by atoms with Crippen LogP contribution in [0.2, 0.25) is 0 Å². The Kier molecular flexibility index (Phi) is 4.93. The largest absolute Gasteiger partial charge is 0.479 e. The molecule has 0 radical (unpaired) electrons. The first kappa shape index (κ1) is 14.3. The molecule has 2 atom stereocenters. The summed E-state index contributed by atoms with van der Waals surface area (Å²) in [6.45, 7) is 0.441. The smallest absolute Gasteiger partial charge is 0.253 e. The van der Waals surface area contributed by atoms with Gasteiger partial charge in [-0.2, -0.15) is 5.26 Å². The molecule has 2 unspecified atom stereocenters. The normalized spacial score (nSPS) is 21.2. The first-order chi connectivity index (χ1) is 9.72. The van der Waals surface area contributed by atoms with Gasteiger partial charge < -0.3 is 20.5 Å². The van der Waals surface area contributed by atoms with Crippen LogP contribution in [0.15, 0.2) is 24.3 Å². The zero-order chi connectivity index (χ0) is 14.4. The Hall–Kier alpha value is -2.10. The molecule has 0 aliphatic carbocycles. The summed E-state index contributed by atoms with van der Waals surface area (Å²) in [5.74, 6) is 0.427. The second-order valence-corrected chi connectivity index (χ2v) is 4.52. The Morgan fingerprint density at radius 3 is 2.80 bits per heavy atom. The molecule has 106 valence electrons. The molecule has 2 rings (SSSR count). The molecule has 0 aromatic heterocycles. The highest BCUT2D eigenvalue weighted by molar-refractivity contribution is 5.94. The van der Waals surface area contributed by atoms with Crippen LogP contribution in [0.3, 0.4) is 0 Å². The Morgan fingerprint density at radius 1 is 1.45 bits per heavy atom. The molecule has 3 N–H and O–H groups in total. The van der Waals surface area contributed by atoms with Gasteiger partial charge in [0.2, 0.25) is 0 Å². The minimum absolute atomic E-state index is 0.00208. The molecular weight excluding hydrogens is 258 g/mol. The van der Waals surface area contributed by atoms with Crippen molar-refractivity contribution in [3.63, 3.8) is 0 Å². The third kappa shape index (κ3) is 3.70. The van der Waals surface area contributed by atoms with Crippen molar-refractivity contribution in [1.29, 1.82) is 5.26 Å².